The summed E-state index contributed by atoms with van der Waals surface area (Å²) in [5.41, 5.74) is 18.4. The van der Waals surface area contributed by atoms with E-state index in [1.54, 1.807) is 30.5 Å². The van der Waals surface area contributed by atoms with Gasteiger partial charge in [0.15, 0.2) is 12.8 Å². The number of nitrogens with zero attached hydrogens (tertiary/aromatic N) is 4. The zero-order valence-electron chi connectivity index (χ0n) is 14.4. The van der Waals surface area contributed by atoms with Gasteiger partial charge in [0.25, 0.3) is 5.91 Å². The van der Waals surface area contributed by atoms with Crippen molar-refractivity contribution in [2.45, 2.75) is 6.04 Å². The number of nitrogens with one attached hydrogen (secondary N) is 2. The summed E-state index contributed by atoms with van der Waals surface area (Å²) < 4.78 is 5.24. The minimum atomic E-state index is -0.655. The molecule has 0 radical (unpaired) electrons. The smallest absolute Gasteiger partial charge is 0.255 e. The summed E-state index contributed by atoms with van der Waals surface area (Å²) in [4.78, 5) is 19.4. The van der Waals surface area contributed by atoms with Crippen LogP contribution in [-0.2, 0) is 4.79 Å². The number of amides is 1. The average molecular weight is 377 g/mol. The molecule has 0 spiro atoms. The molecule has 0 saturated heterocycles. The Balaban J connectivity index is 2.06. The average Bonchev–Trinajstić information content (AvgIpc) is 2.66. The molecular formula is C17H15N9O2. The lowest BCUT2D eigenvalue weighted by Gasteiger charge is -2.26. The second kappa shape index (κ2) is 7.39. The molecule has 140 valence electrons. The fourth-order valence-electron chi connectivity index (χ4n) is 2.72. The highest BCUT2D eigenvalue weighted by Crippen LogP contribution is 2.40. The second-order valence-corrected chi connectivity index (χ2v) is 5.73. The Morgan fingerprint density at radius 3 is 2.61 bits per heavy atom. The van der Waals surface area contributed by atoms with Crippen molar-refractivity contribution in [3.05, 3.63) is 41.0 Å². The van der Waals surface area contributed by atoms with Gasteiger partial charge in [0.1, 0.15) is 35.1 Å². The number of nitrogen functional groups attached to an aromatic ring is 2. The van der Waals surface area contributed by atoms with Gasteiger partial charge >= 0.3 is 0 Å². The maximum Gasteiger partial charge on any atom is 0.255 e. The number of rotatable bonds is 4. The number of nitriles is 2. The van der Waals surface area contributed by atoms with Crippen molar-refractivity contribution in [2.75, 3.05) is 23.4 Å². The van der Waals surface area contributed by atoms with Crippen LogP contribution in [0.3, 0.4) is 0 Å². The van der Waals surface area contributed by atoms with Crippen LogP contribution < -0.4 is 32.6 Å². The van der Waals surface area contributed by atoms with Gasteiger partial charge in [-0.15, -0.1) is 0 Å². The van der Waals surface area contributed by atoms with Gasteiger partial charge in [0.05, 0.1) is 5.69 Å². The topological polar surface area (TPSA) is 201 Å². The molecule has 11 nitrogen and oxygen atoms in total. The first-order valence-corrected chi connectivity index (χ1v) is 7.94. The molecule has 1 aromatic heterocycles. The first kappa shape index (κ1) is 18.3. The summed E-state index contributed by atoms with van der Waals surface area (Å²) >= 11 is 0. The molecule has 2 aromatic rings. The fraction of sp³-hybridized carbons (Fsp3) is 0.118. The van der Waals surface area contributed by atoms with E-state index in [-0.39, 0.29) is 29.6 Å². The molecule has 0 bridgehead atoms. The number of hydrogen-bond donors (Lipinski definition) is 5. The summed E-state index contributed by atoms with van der Waals surface area (Å²) in [6.07, 6.45) is 1.78. The maximum atomic E-state index is 10.8. The lowest BCUT2D eigenvalue weighted by Crippen LogP contribution is -2.32. The standard InChI is InChI=1S/C17H15N9O2/c18-5-10-13(21)12-14(8-1-3-9(4-2-8)28-6-11(20)27)24-17(23-7-19)26-16(12)25-15(10)22/h1-4,14H,6H2,(H2,20,27)(H6,21,22,23,24,25,26). The quantitative estimate of drug-likeness (QED) is 0.357. The summed E-state index contributed by atoms with van der Waals surface area (Å²) in [7, 11) is 0. The number of carbonyl (C=O) groups excluding carboxylic acids is 1. The van der Waals surface area contributed by atoms with Crippen LogP contribution in [-0.4, -0.2) is 23.5 Å². The normalized spacial score (nSPS) is 14.5. The highest BCUT2D eigenvalue weighted by atomic mass is 16.5. The molecule has 1 amide bonds. The molecule has 0 fully saturated rings. The number of fused-ring (bicyclic) bond motifs is 1. The van der Waals surface area contributed by atoms with E-state index in [9.17, 15) is 10.1 Å². The fourth-order valence-corrected chi connectivity index (χ4v) is 2.72. The Morgan fingerprint density at radius 1 is 1.29 bits per heavy atom. The lowest BCUT2D eigenvalue weighted by atomic mass is 9.95. The third kappa shape index (κ3) is 3.40. The number of hydrogen-bond acceptors (Lipinski definition) is 10. The number of guanidine groups is 1. The van der Waals surface area contributed by atoms with Gasteiger partial charge < -0.3 is 27.3 Å². The predicted molar refractivity (Wildman–Crippen MR) is 101 cm³/mol. The zero-order valence-corrected chi connectivity index (χ0v) is 14.4. The Bertz CT molecular complexity index is 1050. The minimum absolute atomic E-state index is 0.0293. The third-order valence-corrected chi connectivity index (χ3v) is 3.93. The van der Waals surface area contributed by atoms with Crippen LogP contribution in [0.5, 0.6) is 5.75 Å². The van der Waals surface area contributed by atoms with E-state index < -0.39 is 11.9 Å². The third-order valence-electron chi connectivity index (χ3n) is 3.93. The molecule has 0 aliphatic carbocycles. The number of nitrogens with two attached hydrogens (primary N) is 3. The number of ether oxygens (including phenoxy) is 1. The molecule has 0 saturated carbocycles. The molecule has 28 heavy (non-hydrogen) atoms. The summed E-state index contributed by atoms with van der Waals surface area (Å²) in [6.45, 7) is -0.244. The summed E-state index contributed by atoms with van der Waals surface area (Å²) in [5.74, 6) is 0.273. The van der Waals surface area contributed by atoms with E-state index in [4.69, 9.17) is 27.2 Å². The van der Waals surface area contributed by atoms with Crippen LogP contribution >= 0.6 is 0 Å². The Morgan fingerprint density at radius 2 is 2.00 bits per heavy atom. The van der Waals surface area contributed by atoms with Crippen molar-refractivity contribution in [3.8, 4) is 18.0 Å². The highest BCUT2D eigenvalue weighted by Gasteiger charge is 2.29. The van der Waals surface area contributed by atoms with Gasteiger partial charge in [-0.1, -0.05) is 12.1 Å². The molecule has 3 rings (SSSR count). The molecule has 1 aliphatic rings. The largest absolute Gasteiger partial charge is 0.484 e. The summed E-state index contributed by atoms with van der Waals surface area (Å²) in [5, 5.41) is 23.5. The van der Waals surface area contributed by atoms with Gasteiger partial charge in [-0.05, 0) is 17.7 Å². The van der Waals surface area contributed by atoms with Crippen molar-refractivity contribution in [1.29, 1.82) is 10.5 Å². The van der Waals surface area contributed by atoms with Crippen molar-refractivity contribution >= 4 is 29.2 Å². The van der Waals surface area contributed by atoms with E-state index in [1.807, 2.05) is 6.07 Å². The van der Waals surface area contributed by atoms with E-state index in [2.05, 4.69) is 20.6 Å². The van der Waals surface area contributed by atoms with E-state index in [0.717, 1.165) is 0 Å². The van der Waals surface area contributed by atoms with Gasteiger partial charge in [-0.2, -0.15) is 10.5 Å². The van der Waals surface area contributed by atoms with Crippen LogP contribution in [0.1, 0.15) is 22.7 Å². The van der Waals surface area contributed by atoms with Crippen molar-refractivity contribution in [1.82, 2.24) is 10.3 Å². The Labute approximate surface area is 159 Å². The highest BCUT2D eigenvalue weighted by molar-refractivity contribution is 5.98. The van der Waals surface area contributed by atoms with Gasteiger partial charge in [0.2, 0.25) is 5.96 Å². The van der Waals surface area contributed by atoms with Gasteiger partial charge in [-0.25, -0.2) is 9.98 Å². The SMILES string of the molecule is N#CNC1=NC(c2ccc(OCC(N)=O)cc2)c2c(nc(N)c(C#N)c2N)N1. The van der Waals surface area contributed by atoms with E-state index in [0.29, 0.717) is 22.7 Å². The summed E-state index contributed by atoms with van der Waals surface area (Å²) in [6, 6.07) is 7.99. The molecule has 8 N–H and O–H groups in total. The van der Waals surface area contributed by atoms with Crippen LogP contribution in [0.2, 0.25) is 0 Å². The first-order valence-electron chi connectivity index (χ1n) is 7.94. The van der Waals surface area contributed by atoms with Gasteiger partial charge in [-0.3, -0.25) is 10.1 Å². The van der Waals surface area contributed by atoms with Crippen LogP contribution in [0.15, 0.2) is 29.3 Å². The monoisotopic (exact) mass is 377 g/mol. The molecule has 2 heterocycles. The molecule has 11 heteroatoms. The lowest BCUT2D eigenvalue weighted by molar-refractivity contribution is -0.119. The van der Waals surface area contributed by atoms with Crippen LogP contribution in [0.25, 0.3) is 0 Å². The zero-order chi connectivity index (χ0) is 20.3. The van der Waals surface area contributed by atoms with Crippen molar-refractivity contribution in [3.63, 3.8) is 0 Å². The second-order valence-electron chi connectivity index (χ2n) is 5.73. The Hall–Kier alpha value is -4.51. The van der Waals surface area contributed by atoms with Crippen LogP contribution in [0.4, 0.5) is 17.3 Å². The van der Waals surface area contributed by atoms with E-state index in [1.165, 1.54) is 0 Å². The number of benzene rings is 1. The number of aromatic nitrogens is 1. The van der Waals surface area contributed by atoms with Crippen LogP contribution in [0, 0.1) is 22.8 Å². The van der Waals surface area contributed by atoms with Crippen molar-refractivity contribution < 1.29 is 9.53 Å². The molecule has 1 aliphatic heterocycles. The van der Waals surface area contributed by atoms with Gasteiger partial charge in [0, 0.05) is 5.56 Å². The van der Waals surface area contributed by atoms with Crippen molar-refractivity contribution in [2.24, 2.45) is 10.7 Å². The maximum absolute atomic E-state index is 10.8. The molecule has 1 unspecified atom stereocenters. The minimum Gasteiger partial charge on any atom is -0.484 e. The first-order chi connectivity index (χ1) is 13.4. The predicted octanol–water partition coefficient (Wildman–Crippen LogP) is -0.0766. The van der Waals surface area contributed by atoms with E-state index >= 15 is 0 Å². The molecule has 1 atom stereocenters. The number of aliphatic imine (C=N–C) groups is 1. The Kier molecular flexibility index (Phi) is 4.83. The number of carbonyl (C=O) groups is 1. The number of pyridine rings is 1. The number of primary amides is 1. The molecular weight excluding hydrogens is 362 g/mol. The molecule has 1 aromatic carbocycles. The number of anilines is 3.